The number of carbonyl (C=O) groups excluding carboxylic acids is 1. The molecular weight excluding hydrogens is 240 g/mol. The van der Waals surface area contributed by atoms with Gasteiger partial charge in [0.1, 0.15) is 6.10 Å². The SMILES string of the molecule is CC(=O)O[C@@H](C)c1cc(-c2ncccn2)ccc1C. The lowest BCUT2D eigenvalue weighted by molar-refractivity contribution is -0.145. The number of carbonyl (C=O) groups is 1. The van der Waals surface area contributed by atoms with E-state index in [2.05, 4.69) is 9.97 Å². The quantitative estimate of drug-likeness (QED) is 0.792. The van der Waals surface area contributed by atoms with Crippen LogP contribution in [0.5, 0.6) is 0 Å². The van der Waals surface area contributed by atoms with Gasteiger partial charge in [-0.25, -0.2) is 9.97 Å². The highest BCUT2D eigenvalue weighted by Gasteiger charge is 2.13. The van der Waals surface area contributed by atoms with Crippen molar-refractivity contribution in [2.45, 2.75) is 26.9 Å². The summed E-state index contributed by atoms with van der Waals surface area (Å²) in [5.41, 5.74) is 2.97. The van der Waals surface area contributed by atoms with E-state index in [4.69, 9.17) is 4.74 Å². The molecule has 0 aliphatic rings. The normalized spacial score (nSPS) is 11.9. The molecule has 1 aromatic carbocycles. The maximum atomic E-state index is 11.0. The summed E-state index contributed by atoms with van der Waals surface area (Å²) >= 11 is 0. The van der Waals surface area contributed by atoms with E-state index in [0.29, 0.717) is 5.82 Å². The number of benzene rings is 1. The molecule has 0 radical (unpaired) electrons. The van der Waals surface area contributed by atoms with Crippen molar-refractivity contribution in [2.24, 2.45) is 0 Å². The second-order valence-corrected chi connectivity index (χ2v) is 4.40. The Morgan fingerprint density at radius 1 is 1.26 bits per heavy atom. The number of aromatic nitrogens is 2. The number of nitrogens with zero attached hydrogens (tertiary/aromatic N) is 2. The van der Waals surface area contributed by atoms with Crippen molar-refractivity contribution in [2.75, 3.05) is 0 Å². The molecule has 98 valence electrons. The summed E-state index contributed by atoms with van der Waals surface area (Å²) in [6.07, 6.45) is 3.13. The lowest BCUT2D eigenvalue weighted by Gasteiger charge is -2.15. The smallest absolute Gasteiger partial charge is 0.303 e. The van der Waals surface area contributed by atoms with E-state index in [0.717, 1.165) is 16.7 Å². The second kappa shape index (κ2) is 5.61. The van der Waals surface area contributed by atoms with Gasteiger partial charge in [0.05, 0.1) is 0 Å². The van der Waals surface area contributed by atoms with Gasteiger partial charge in [-0.2, -0.15) is 0 Å². The highest BCUT2D eigenvalue weighted by Crippen LogP contribution is 2.25. The highest BCUT2D eigenvalue weighted by atomic mass is 16.5. The molecule has 0 aliphatic carbocycles. The summed E-state index contributed by atoms with van der Waals surface area (Å²) in [6, 6.07) is 7.70. The molecule has 1 atom stereocenters. The molecule has 2 aromatic rings. The first-order chi connectivity index (χ1) is 9.08. The monoisotopic (exact) mass is 256 g/mol. The fourth-order valence-electron chi connectivity index (χ4n) is 1.98. The molecule has 1 aromatic heterocycles. The van der Waals surface area contributed by atoms with E-state index in [1.807, 2.05) is 32.0 Å². The zero-order valence-corrected chi connectivity index (χ0v) is 11.3. The first kappa shape index (κ1) is 13.2. The highest BCUT2D eigenvalue weighted by molar-refractivity contribution is 5.66. The zero-order chi connectivity index (χ0) is 13.8. The van der Waals surface area contributed by atoms with Gasteiger partial charge >= 0.3 is 5.97 Å². The summed E-state index contributed by atoms with van der Waals surface area (Å²) in [7, 11) is 0. The molecule has 0 aliphatic heterocycles. The van der Waals surface area contributed by atoms with E-state index >= 15 is 0 Å². The second-order valence-electron chi connectivity index (χ2n) is 4.40. The average molecular weight is 256 g/mol. The van der Waals surface area contributed by atoms with Crippen LogP contribution in [-0.4, -0.2) is 15.9 Å². The first-order valence-electron chi connectivity index (χ1n) is 6.13. The van der Waals surface area contributed by atoms with Crippen molar-refractivity contribution < 1.29 is 9.53 Å². The molecule has 0 fully saturated rings. The Balaban J connectivity index is 2.37. The Hall–Kier alpha value is -2.23. The summed E-state index contributed by atoms with van der Waals surface area (Å²) in [5.74, 6) is 0.382. The largest absolute Gasteiger partial charge is 0.458 e. The number of aryl methyl sites for hydroxylation is 1. The van der Waals surface area contributed by atoms with Crippen LogP contribution >= 0.6 is 0 Å². The molecule has 2 rings (SSSR count). The number of hydrogen-bond acceptors (Lipinski definition) is 4. The molecular formula is C15H16N2O2. The van der Waals surface area contributed by atoms with E-state index < -0.39 is 0 Å². The minimum Gasteiger partial charge on any atom is -0.458 e. The minimum atomic E-state index is -0.284. The standard InChI is InChI=1S/C15H16N2O2/c1-10-5-6-13(15-16-7-4-8-17-15)9-14(10)11(2)19-12(3)18/h4-9,11H,1-3H3/t11-/m0/s1. The van der Waals surface area contributed by atoms with Crippen molar-refractivity contribution in [3.63, 3.8) is 0 Å². The third-order valence-electron chi connectivity index (χ3n) is 2.88. The van der Waals surface area contributed by atoms with Crippen molar-refractivity contribution in [3.05, 3.63) is 47.8 Å². The van der Waals surface area contributed by atoms with Crippen LogP contribution in [0.25, 0.3) is 11.4 Å². The molecule has 0 spiro atoms. The van der Waals surface area contributed by atoms with Crippen LogP contribution in [0.15, 0.2) is 36.7 Å². The maximum absolute atomic E-state index is 11.0. The Kier molecular flexibility index (Phi) is 3.90. The lowest BCUT2D eigenvalue weighted by Crippen LogP contribution is -2.06. The summed E-state index contributed by atoms with van der Waals surface area (Å²) in [5, 5.41) is 0. The van der Waals surface area contributed by atoms with Gasteiger partial charge in [-0.05, 0) is 37.1 Å². The van der Waals surface area contributed by atoms with Gasteiger partial charge in [0.15, 0.2) is 5.82 Å². The molecule has 19 heavy (non-hydrogen) atoms. The van der Waals surface area contributed by atoms with Crippen molar-refractivity contribution in [3.8, 4) is 11.4 Å². The van der Waals surface area contributed by atoms with Gasteiger partial charge in [0.2, 0.25) is 0 Å². The van der Waals surface area contributed by atoms with Gasteiger partial charge in [0.25, 0.3) is 0 Å². The van der Waals surface area contributed by atoms with Crippen molar-refractivity contribution in [1.29, 1.82) is 0 Å². The predicted molar refractivity (Wildman–Crippen MR) is 72.4 cm³/mol. The summed E-state index contributed by atoms with van der Waals surface area (Å²) in [6.45, 7) is 5.26. The maximum Gasteiger partial charge on any atom is 0.303 e. The zero-order valence-electron chi connectivity index (χ0n) is 11.3. The topological polar surface area (TPSA) is 52.1 Å². The molecule has 0 saturated carbocycles. The summed E-state index contributed by atoms with van der Waals surface area (Å²) in [4.78, 5) is 19.5. The third-order valence-corrected chi connectivity index (χ3v) is 2.88. The number of esters is 1. The Labute approximate surface area is 112 Å². The molecule has 4 heteroatoms. The molecule has 0 bridgehead atoms. The Morgan fingerprint density at radius 3 is 2.58 bits per heavy atom. The van der Waals surface area contributed by atoms with E-state index in [1.54, 1.807) is 18.5 Å². The summed E-state index contributed by atoms with van der Waals surface area (Å²) < 4.78 is 5.23. The lowest BCUT2D eigenvalue weighted by atomic mass is 10.0. The van der Waals surface area contributed by atoms with Crippen molar-refractivity contribution in [1.82, 2.24) is 9.97 Å². The number of hydrogen-bond donors (Lipinski definition) is 0. The number of rotatable bonds is 3. The molecule has 0 N–H and O–H groups in total. The molecule has 0 unspecified atom stereocenters. The molecule has 4 nitrogen and oxygen atoms in total. The average Bonchev–Trinajstić information content (AvgIpc) is 2.39. The molecule has 0 amide bonds. The van der Waals surface area contributed by atoms with Gasteiger partial charge in [0, 0.05) is 24.9 Å². The van der Waals surface area contributed by atoms with Crippen LogP contribution in [0.2, 0.25) is 0 Å². The van der Waals surface area contributed by atoms with Crippen LogP contribution in [0, 0.1) is 6.92 Å². The fourth-order valence-corrected chi connectivity index (χ4v) is 1.98. The van der Waals surface area contributed by atoms with Crippen LogP contribution in [-0.2, 0) is 9.53 Å². The minimum absolute atomic E-state index is 0.277. The predicted octanol–water partition coefficient (Wildman–Crippen LogP) is 3.08. The Morgan fingerprint density at radius 2 is 1.95 bits per heavy atom. The van der Waals surface area contributed by atoms with Crippen LogP contribution in [0.3, 0.4) is 0 Å². The van der Waals surface area contributed by atoms with E-state index in [9.17, 15) is 4.79 Å². The van der Waals surface area contributed by atoms with Crippen LogP contribution in [0.1, 0.15) is 31.1 Å². The van der Waals surface area contributed by atoms with E-state index in [-0.39, 0.29) is 12.1 Å². The van der Waals surface area contributed by atoms with Gasteiger partial charge in [-0.15, -0.1) is 0 Å². The van der Waals surface area contributed by atoms with Gasteiger partial charge in [-0.3, -0.25) is 4.79 Å². The molecule has 0 saturated heterocycles. The Bertz CT molecular complexity index is 582. The van der Waals surface area contributed by atoms with Crippen molar-refractivity contribution >= 4 is 5.97 Å². The van der Waals surface area contributed by atoms with Gasteiger partial charge in [-0.1, -0.05) is 12.1 Å². The molecule has 1 heterocycles. The van der Waals surface area contributed by atoms with E-state index in [1.165, 1.54) is 6.92 Å². The van der Waals surface area contributed by atoms with Gasteiger partial charge < -0.3 is 4.74 Å². The fraction of sp³-hybridized carbons (Fsp3) is 0.267. The van der Waals surface area contributed by atoms with Crippen LogP contribution < -0.4 is 0 Å². The number of ether oxygens (including phenoxy) is 1. The first-order valence-corrected chi connectivity index (χ1v) is 6.13. The third kappa shape index (κ3) is 3.16. The van der Waals surface area contributed by atoms with Crippen LogP contribution in [0.4, 0.5) is 0 Å².